The molecule has 1 saturated heterocycles. The quantitative estimate of drug-likeness (QED) is 0.828. The maximum absolute atomic E-state index is 12.5. The molecule has 1 aromatic carbocycles. The predicted molar refractivity (Wildman–Crippen MR) is 83.0 cm³/mol. The molecule has 3 nitrogen and oxygen atoms in total. The molecule has 1 aromatic rings. The molecule has 1 aliphatic heterocycles. The van der Waals surface area contributed by atoms with Gasteiger partial charge in [0, 0.05) is 38.3 Å². The van der Waals surface area contributed by atoms with Crippen LogP contribution in [0.3, 0.4) is 0 Å². The Hall–Kier alpha value is -1.35. The molecule has 0 radical (unpaired) electrons. The third kappa shape index (κ3) is 4.07. The van der Waals surface area contributed by atoms with Crippen LogP contribution in [0, 0.1) is 12.3 Å². The summed E-state index contributed by atoms with van der Waals surface area (Å²) in [5.74, 6) is 0.170. The van der Waals surface area contributed by atoms with E-state index >= 15 is 0 Å². The van der Waals surface area contributed by atoms with Crippen LogP contribution in [0.15, 0.2) is 24.3 Å². The van der Waals surface area contributed by atoms with Crippen molar-refractivity contribution in [1.29, 1.82) is 0 Å². The molecule has 2 rings (SSSR count). The number of amides is 1. The summed E-state index contributed by atoms with van der Waals surface area (Å²) in [7, 11) is 0. The van der Waals surface area contributed by atoms with Gasteiger partial charge in [-0.25, -0.2) is 0 Å². The number of rotatable bonds is 2. The van der Waals surface area contributed by atoms with Crippen molar-refractivity contribution >= 4 is 5.91 Å². The van der Waals surface area contributed by atoms with Crippen LogP contribution < -0.4 is 0 Å². The van der Waals surface area contributed by atoms with Gasteiger partial charge >= 0.3 is 0 Å². The van der Waals surface area contributed by atoms with E-state index in [0.717, 1.165) is 43.9 Å². The van der Waals surface area contributed by atoms with Crippen molar-refractivity contribution in [3.8, 4) is 0 Å². The summed E-state index contributed by atoms with van der Waals surface area (Å²) in [6.45, 7) is 13.5. The molecule has 110 valence electrons. The summed E-state index contributed by atoms with van der Waals surface area (Å²) in [6.07, 6.45) is 0. The van der Waals surface area contributed by atoms with E-state index in [1.165, 1.54) is 0 Å². The van der Waals surface area contributed by atoms with E-state index in [1.54, 1.807) is 0 Å². The Balaban J connectivity index is 1.92. The Morgan fingerprint density at radius 2 is 1.80 bits per heavy atom. The Kier molecular flexibility index (Phi) is 4.48. The molecule has 0 N–H and O–H groups in total. The summed E-state index contributed by atoms with van der Waals surface area (Å²) >= 11 is 0. The highest BCUT2D eigenvalue weighted by Crippen LogP contribution is 2.17. The molecule has 0 saturated carbocycles. The van der Waals surface area contributed by atoms with Gasteiger partial charge < -0.3 is 4.90 Å². The monoisotopic (exact) mass is 274 g/mol. The average molecular weight is 274 g/mol. The Morgan fingerprint density at radius 1 is 1.15 bits per heavy atom. The van der Waals surface area contributed by atoms with E-state index in [9.17, 15) is 4.79 Å². The van der Waals surface area contributed by atoms with Gasteiger partial charge in [-0.15, -0.1) is 0 Å². The molecule has 1 amide bonds. The molecule has 1 aliphatic rings. The lowest BCUT2D eigenvalue weighted by Gasteiger charge is -2.37. The lowest BCUT2D eigenvalue weighted by molar-refractivity contribution is 0.0592. The number of nitrogens with zero attached hydrogens (tertiary/aromatic N) is 2. The van der Waals surface area contributed by atoms with E-state index in [-0.39, 0.29) is 5.91 Å². The van der Waals surface area contributed by atoms with Crippen LogP contribution in [0.4, 0.5) is 0 Å². The fraction of sp³-hybridized carbons (Fsp3) is 0.588. The number of benzene rings is 1. The van der Waals surface area contributed by atoms with Crippen molar-refractivity contribution in [3.63, 3.8) is 0 Å². The molecular weight excluding hydrogens is 248 g/mol. The van der Waals surface area contributed by atoms with E-state index < -0.39 is 0 Å². The minimum Gasteiger partial charge on any atom is -0.336 e. The lowest BCUT2D eigenvalue weighted by Crippen LogP contribution is -2.50. The van der Waals surface area contributed by atoms with Crippen LogP contribution in [0.5, 0.6) is 0 Å². The Labute approximate surface area is 122 Å². The summed E-state index contributed by atoms with van der Waals surface area (Å²) in [6, 6.07) is 7.87. The van der Waals surface area contributed by atoms with Crippen LogP contribution in [0.25, 0.3) is 0 Å². The molecule has 0 bridgehead atoms. The van der Waals surface area contributed by atoms with Gasteiger partial charge in [0.2, 0.25) is 0 Å². The number of carbonyl (C=O) groups is 1. The maximum atomic E-state index is 12.5. The first-order chi connectivity index (χ1) is 9.35. The molecule has 1 heterocycles. The molecule has 0 aromatic heterocycles. The van der Waals surface area contributed by atoms with Crippen LogP contribution in [-0.2, 0) is 0 Å². The summed E-state index contributed by atoms with van der Waals surface area (Å²) in [5.41, 5.74) is 2.28. The van der Waals surface area contributed by atoms with Crippen molar-refractivity contribution in [3.05, 3.63) is 35.4 Å². The molecule has 0 spiro atoms. The number of hydrogen-bond donors (Lipinski definition) is 0. The van der Waals surface area contributed by atoms with Gasteiger partial charge in [0.25, 0.3) is 5.91 Å². The van der Waals surface area contributed by atoms with E-state index in [2.05, 4.69) is 25.7 Å². The minimum absolute atomic E-state index is 0.170. The van der Waals surface area contributed by atoms with E-state index in [4.69, 9.17) is 0 Å². The topological polar surface area (TPSA) is 23.6 Å². The maximum Gasteiger partial charge on any atom is 0.253 e. The zero-order chi connectivity index (χ0) is 14.8. The van der Waals surface area contributed by atoms with Gasteiger partial charge in [0.05, 0.1) is 0 Å². The number of hydrogen-bond acceptors (Lipinski definition) is 2. The van der Waals surface area contributed by atoms with Crippen molar-refractivity contribution in [1.82, 2.24) is 9.80 Å². The van der Waals surface area contributed by atoms with Crippen molar-refractivity contribution in [2.24, 2.45) is 5.41 Å². The van der Waals surface area contributed by atoms with E-state index in [0.29, 0.717) is 5.41 Å². The van der Waals surface area contributed by atoms with Gasteiger partial charge in [-0.1, -0.05) is 38.5 Å². The fourth-order valence-corrected chi connectivity index (χ4v) is 2.74. The molecular formula is C17H26N2O. The SMILES string of the molecule is Cc1cccc(C(=O)N2CCN(CC(C)(C)C)CC2)c1. The van der Waals surface area contributed by atoms with Gasteiger partial charge in [-0.3, -0.25) is 9.69 Å². The number of piperazine rings is 1. The Bertz CT molecular complexity index is 468. The zero-order valence-corrected chi connectivity index (χ0v) is 13.1. The molecule has 3 heteroatoms. The molecule has 0 unspecified atom stereocenters. The first-order valence-corrected chi connectivity index (χ1v) is 7.43. The molecule has 1 fully saturated rings. The highest BCUT2D eigenvalue weighted by atomic mass is 16.2. The second-order valence-corrected chi connectivity index (χ2v) is 7.00. The number of aryl methyl sites for hydroxylation is 1. The van der Waals surface area contributed by atoms with Crippen LogP contribution >= 0.6 is 0 Å². The van der Waals surface area contributed by atoms with Gasteiger partial charge in [-0.2, -0.15) is 0 Å². The summed E-state index contributed by atoms with van der Waals surface area (Å²) in [5, 5.41) is 0. The van der Waals surface area contributed by atoms with Crippen molar-refractivity contribution in [2.45, 2.75) is 27.7 Å². The van der Waals surface area contributed by atoms with E-state index in [1.807, 2.05) is 36.1 Å². The van der Waals surface area contributed by atoms with Gasteiger partial charge in [0.15, 0.2) is 0 Å². The fourth-order valence-electron chi connectivity index (χ4n) is 2.74. The smallest absolute Gasteiger partial charge is 0.253 e. The Morgan fingerprint density at radius 3 is 2.35 bits per heavy atom. The highest BCUT2D eigenvalue weighted by molar-refractivity contribution is 5.94. The average Bonchev–Trinajstić information content (AvgIpc) is 2.37. The van der Waals surface area contributed by atoms with Crippen molar-refractivity contribution < 1.29 is 4.79 Å². The van der Waals surface area contributed by atoms with Crippen LogP contribution in [-0.4, -0.2) is 48.4 Å². The molecule has 0 aliphatic carbocycles. The second kappa shape index (κ2) is 5.96. The first-order valence-electron chi connectivity index (χ1n) is 7.43. The van der Waals surface area contributed by atoms with Gasteiger partial charge in [-0.05, 0) is 24.5 Å². The van der Waals surface area contributed by atoms with Crippen molar-refractivity contribution in [2.75, 3.05) is 32.7 Å². The summed E-state index contributed by atoms with van der Waals surface area (Å²) < 4.78 is 0. The highest BCUT2D eigenvalue weighted by Gasteiger charge is 2.24. The third-order valence-electron chi connectivity index (χ3n) is 3.62. The van der Waals surface area contributed by atoms with Gasteiger partial charge in [0.1, 0.15) is 0 Å². The predicted octanol–water partition coefficient (Wildman–Crippen LogP) is 2.80. The zero-order valence-electron chi connectivity index (χ0n) is 13.1. The van der Waals surface area contributed by atoms with Crippen LogP contribution in [0.1, 0.15) is 36.7 Å². The van der Waals surface area contributed by atoms with Crippen LogP contribution in [0.2, 0.25) is 0 Å². The lowest BCUT2D eigenvalue weighted by atomic mass is 9.96. The normalized spacial score (nSPS) is 17.3. The summed E-state index contributed by atoms with van der Waals surface area (Å²) in [4.78, 5) is 16.9. The minimum atomic E-state index is 0.170. The molecule has 20 heavy (non-hydrogen) atoms. The first kappa shape index (κ1) is 15.0. The number of carbonyl (C=O) groups excluding carboxylic acids is 1. The largest absolute Gasteiger partial charge is 0.336 e. The standard InChI is InChI=1S/C17H26N2O/c1-14-6-5-7-15(12-14)16(20)19-10-8-18(9-11-19)13-17(2,3)4/h5-7,12H,8-11,13H2,1-4H3. The molecule has 0 atom stereocenters. The second-order valence-electron chi connectivity index (χ2n) is 7.00. The third-order valence-corrected chi connectivity index (χ3v) is 3.62.